The molecular formula is C27H34N4O2S. The molecule has 2 aromatic rings. The maximum Gasteiger partial charge on any atom is 0.257 e. The summed E-state index contributed by atoms with van der Waals surface area (Å²) in [5.41, 5.74) is 1.66. The Hall–Kier alpha value is -2.25. The van der Waals surface area contributed by atoms with E-state index >= 15 is 0 Å². The monoisotopic (exact) mass is 478 g/mol. The number of carbonyl (C=O) groups excluding carboxylic acids is 2. The average molecular weight is 479 g/mol. The number of hydrogen-bond donors (Lipinski definition) is 0. The highest BCUT2D eigenvalue weighted by Gasteiger charge is 2.41. The van der Waals surface area contributed by atoms with Crippen LogP contribution in [0.3, 0.4) is 0 Å². The first kappa shape index (κ1) is 22.2. The molecule has 1 saturated carbocycles. The summed E-state index contributed by atoms with van der Waals surface area (Å²) in [6.45, 7) is 5.81. The zero-order valence-corrected chi connectivity index (χ0v) is 20.7. The Labute approximate surface area is 205 Å². The van der Waals surface area contributed by atoms with Crippen LogP contribution < -0.4 is 4.90 Å². The van der Waals surface area contributed by atoms with Gasteiger partial charge >= 0.3 is 0 Å². The number of hydrogen-bond acceptors (Lipinski definition) is 6. The van der Waals surface area contributed by atoms with Crippen LogP contribution in [0.5, 0.6) is 0 Å². The molecule has 6 rings (SSSR count). The molecular weight excluding hydrogens is 444 g/mol. The van der Waals surface area contributed by atoms with E-state index in [-0.39, 0.29) is 11.8 Å². The van der Waals surface area contributed by atoms with Gasteiger partial charge in [-0.2, -0.15) is 4.37 Å². The van der Waals surface area contributed by atoms with Gasteiger partial charge in [0.1, 0.15) is 5.82 Å². The average Bonchev–Trinajstić information content (AvgIpc) is 3.41. The molecule has 0 spiro atoms. The summed E-state index contributed by atoms with van der Waals surface area (Å²) in [6, 6.07) is 8.51. The number of benzene rings is 1. The smallest absolute Gasteiger partial charge is 0.257 e. The largest absolute Gasteiger partial charge is 0.353 e. The van der Waals surface area contributed by atoms with E-state index in [4.69, 9.17) is 4.37 Å². The number of aromatic nitrogens is 1. The van der Waals surface area contributed by atoms with Gasteiger partial charge in [-0.15, -0.1) is 0 Å². The second kappa shape index (κ2) is 9.42. The molecule has 2 aliphatic heterocycles. The number of rotatable bonds is 5. The maximum absolute atomic E-state index is 13.0. The molecule has 1 aromatic heterocycles. The van der Waals surface area contributed by atoms with Crippen LogP contribution >= 0.6 is 11.5 Å². The van der Waals surface area contributed by atoms with E-state index in [9.17, 15) is 9.59 Å². The lowest BCUT2D eigenvalue weighted by molar-refractivity contribution is -0.139. The van der Waals surface area contributed by atoms with Crippen molar-refractivity contribution in [3.8, 4) is 0 Å². The van der Waals surface area contributed by atoms with Crippen molar-refractivity contribution in [1.29, 1.82) is 0 Å². The molecule has 34 heavy (non-hydrogen) atoms. The Morgan fingerprint density at radius 1 is 0.824 bits per heavy atom. The van der Waals surface area contributed by atoms with Crippen molar-refractivity contribution in [3.05, 3.63) is 35.4 Å². The van der Waals surface area contributed by atoms with Gasteiger partial charge in [-0.05, 0) is 74.0 Å². The minimum Gasteiger partial charge on any atom is -0.353 e. The van der Waals surface area contributed by atoms with Crippen LogP contribution in [-0.4, -0.2) is 65.3 Å². The highest BCUT2D eigenvalue weighted by molar-refractivity contribution is 7.13. The van der Waals surface area contributed by atoms with E-state index in [2.05, 4.69) is 34.1 Å². The number of fused-ring (bicyclic) bond motifs is 1. The third-order valence-electron chi connectivity index (χ3n) is 8.48. The van der Waals surface area contributed by atoms with E-state index in [0.717, 1.165) is 81.8 Å². The molecule has 0 N–H and O–H groups in total. The molecule has 3 heterocycles. The topological polar surface area (TPSA) is 56.8 Å². The number of imide groups is 1. The lowest BCUT2D eigenvalue weighted by Gasteiger charge is -2.40. The molecule has 0 bridgehead atoms. The maximum atomic E-state index is 13.0. The highest BCUT2D eigenvalue weighted by Crippen LogP contribution is 2.37. The molecule has 0 radical (unpaired) electrons. The molecule has 4 aliphatic rings. The molecule has 2 amide bonds. The normalized spacial score (nSPS) is 26.6. The van der Waals surface area contributed by atoms with Crippen LogP contribution in [0.1, 0.15) is 51.4 Å². The van der Waals surface area contributed by atoms with E-state index in [1.165, 1.54) is 29.3 Å². The van der Waals surface area contributed by atoms with E-state index in [0.29, 0.717) is 18.4 Å². The van der Waals surface area contributed by atoms with Crippen molar-refractivity contribution in [2.45, 2.75) is 51.4 Å². The fraction of sp³-hybridized carbons (Fsp3) is 0.593. The molecule has 2 aliphatic carbocycles. The van der Waals surface area contributed by atoms with Crippen LogP contribution in [0.4, 0.5) is 5.82 Å². The Morgan fingerprint density at radius 2 is 1.47 bits per heavy atom. The van der Waals surface area contributed by atoms with Crippen LogP contribution in [-0.2, 0) is 9.59 Å². The van der Waals surface area contributed by atoms with Crippen molar-refractivity contribution in [2.24, 2.45) is 11.8 Å². The zero-order valence-electron chi connectivity index (χ0n) is 19.9. The van der Waals surface area contributed by atoms with Gasteiger partial charge in [0.2, 0.25) is 0 Å². The molecule has 1 aromatic carbocycles. The fourth-order valence-corrected chi connectivity index (χ4v) is 7.33. The van der Waals surface area contributed by atoms with Gasteiger partial charge in [-0.25, -0.2) is 0 Å². The number of carbonyl (C=O) groups is 2. The molecule has 6 nitrogen and oxygen atoms in total. The summed E-state index contributed by atoms with van der Waals surface area (Å²) in [6.07, 6.45) is 8.51. The Morgan fingerprint density at radius 3 is 2.18 bits per heavy atom. The standard InChI is InChI=1S/C27H34N4O2S/c32-26-21-9-3-4-10-22(21)27(33)31(26)18-20-8-2-1-7-19(20)17-29-13-15-30(16-14-29)25-23-11-5-6-12-24(23)34-28-25/h5-6,11-12,19-20H,1-4,7-10,13-18H2. The van der Waals surface area contributed by atoms with Crippen molar-refractivity contribution in [1.82, 2.24) is 14.2 Å². The number of nitrogens with zero attached hydrogens (tertiary/aromatic N) is 4. The lowest BCUT2D eigenvalue weighted by atomic mass is 9.78. The van der Waals surface area contributed by atoms with Gasteiger partial charge in [0.05, 0.1) is 4.70 Å². The summed E-state index contributed by atoms with van der Waals surface area (Å²) in [5.74, 6) is 2.18. The SMILES string of the molecule is O=C1C2=C(CCCC2)C(=O)N1CC1CCCCC1CN1CCN(c2nsc3ccccc23)CC1. The van der Waals surface area contributed by atoms with Crippen LogP contribution in [0.25, 0.3) is 10.1 Å². The first-order chi connectivity index (χ1) is 16.7. The molecule has 1 saturated heterocycles. The third-order valence-corrected chi connectivity index (χ3v) is 9.30. The summed E-state index contributed by atoms with van der Waals surface area (Å²) in [5, 5.41) is 1.27. The summed E-state index contributed by atoms with van der Waals surface area (Å²) >= 11 is 1.59. The lowest BCUT2D eigenvalue weighted by Crippen LogP contribution is -2.49. The van der Waals surface area contributed by atoms with Crippen LogP contribution in [0.2, 0.25) is 0 Å². The molecule has 2 atom stereocenters. The summed E-state index contributed by atoms with van der Waals surface area (Å²) < 4.78 is 6.01. The van der Waals surface area contributed by atoms with Crippen molar-refractivity contribution in [3.63, 3.8) is 0 Å². The highest BCUT2D eigenvalue weighted by atomic mass is 32.1. The number of piperazine rings is 1. The second-order valence-electron chi connectivity index (χ2n) is 10.5. The minimum absolute atomic E-state index is 0.0214. The van der Waals surface area contributed by atoms with Gasteiger partial charge in [0.15, 0.2) is 0 Å². The van der Waals surface area contributed by atoms with Crippen LogP contribution in [0.15, 0.2) is 35.4 Å². The van der Waals surface area contributed by atoms with E-state index in [1.54, 1.807) is 16.4 Å². The van der Waals surface area contributed by atoms with Gasteiger partial charge in [-0.3, -0.25) is 19.4 Å². The fourth-order valence-electron chi connectivity index (χ4n) is 6.54. The van der Waals surface area contributed by atoms with Gasteiger partial charge < -0.3 is 4.90 Å². The van der Waals surface area contributed by atoms with E-state index < -0.39 is 0 Å². The summed E-state index contributed by atoms with van der Waals surface area (Å²) in [7, 11) is 0. The Kier molecular flexibility index (Phi) is 6.16. The van der Waals surface area contributed by atoms with Gasteiger partial charge in [0, 0.05) is 55.8 Å². The minimum atomic E-state index is 0.0214. The summed E-state index contributed by atoms with van der Waals surface area (Å²) in [4.78, 5) is 32.6. The van der Waals surface area contributed by atoms with Crippen LogP contribution in [0, 0.1) is 11.8 Å². The first-order valence-electron chi connectivity index (χ1n) is 13.1. The first-order valence-corrected chi connectivity index (χ1v) is 13.9. The van der Waals surface area contributed by atoms with Crippen molar-refractivity contribution in [2.75, 3.05) is 44.2 Å². The Balaban J connectivity index is 1.07. The molecule has 2 unspecified atom stereocenters. The zero-order chi connectivity index (χ0) is 23.1. The van der Waals surface area contributed by atoms with Crippen molar-refractivity contribution < 1.29 is 9.59 Å². The molecule has 2 fully saturated rings. The quantitative estimate of drug-likeness (QED) is 0.594. The predicted octanol–water partition coefficient (Wildman–Crippen LogP) is 4.46. The number of amides is 2. The second-order valence-corrected chi connectivity index (χ2v) is 11.3. The Bertz CT molecular complexity index is 1090. The van der Waals surface area contributed by atoms with Gasteiger partial charge in [-0.1, -0.05) is 25.0 Å². The van der Waals surface area contributed by atoms with Gasteiger partial charge in [0.25, 0.3) is 11.8 Å². The predicted molar refractivity (Wildman–Crippen MR) is 136 cm³/mol. The van der Waals surface area contributed by atoms with Crippen molar-refractivity contribution >= 4 is 39.3 Å². The molecule has 7 heteroatoms. The third kappa shape index (κ3) is 4.07. The van der Waals surface area contributed by atoms with E-state index in [1.807, 2.05) is 0 Å². The number of anilines is 1. The molecule has 180 valence electrons.